The molecule has 2 nitrogen and oxygen atoms in total. The number of rotatable bonds is 3. The van der Waals surface area contributed by atoms with Crippen LogP contribution in [0.3, 0.4) is 0 Å². The van der Waals surface area contributed by atoms with E-state index in [1.165, 1.54) is 24.8 Å². The van der Waals surface area contributed by atoms with Gasteiger partial charge in [0.15, 0.2) is 0 Å². The first-order chi connectivity index (χ1) is 9.19. The summed E-state index contributed by atoms with van der Waals surface area (Å²) in [5.41, 5.74) is 1.65. The molecule has 2 heterocycles. The van der Waals surface area contributed by atoms with Crippen molar-refractivity contribution in [1.29, 1.82) is 0 Å². The highest BCUT2D eigenvalue weighted by Crippen LogP contribution is 2.49. The lowest BCUT2D eigenvalue weighted by atomic mass is 9.80. The highest BCUT2D eigenvalue weighted by Gasteiger charge is 2.42. The topological polar surface area (TPSA) is 29.5 Å². The van der Waals surface area contributed by atoms with E-state index in [1.807, 2.05) is 0 Å². The third-order valence-corrected chi connectivity index (χ3v) is 5.94. The van der Waals surface area contributed by atoms with Gasteiger partial charge in [0, 0.05) is 17.6 Å². The third-order valence-electron chi connectivity index (χ3n) is 4.37. The van der Waals surface area contributed by atoms with Crippen LogP contribution in [0.15, 0.2) is 24.3 Å². The average molecular weight is 278 g/mol. The molecule has 1 aromatic rings. The minimum atomic E-state index is -0.605. The normalized spacial score (nSPS) is 34.2. The Morgan fingerprint density at radius 3 is 2.42 bits per heavy atom. The molecule has 1 aromatic carbocycles. The third kappa shape index (κ3) is 2.83. The average Bonchev–Trinajstić information content (AvgIpc) is 2.39. The molecule has 2 bridgehead atoms. The maximum Gasteiger partial charge on any atom is 0.0917 e. The molecule has 104 valence electrons. The second kappa shape index (κ2) is 5.47. The van der Waals surface area contributed by atoms with E-state index in [-0.39, 0.29) is 0 Å². The van der Waals surface area contributed by atoms with E-state index < -0.39 is 5.60 Å². The molecular weight excluding hydrogens is 256 g/mol. The van der Waals surface area contributed by atoms with Crippen LogP contribution in [-0.4, -0.2) is 22.7 Å². The molecule has 2 atom stereocenters. The summed E-state index contributed by atoms with van der Waals surface area (Å²) in [7, 11) is 1.71. The van der Waals surface area contributed by atoms with Crippen molar-refractivity contribution in [2.45, 2.75) is 54.8 Å². The molecule has 0 aliphatic carbocycles. The maximum atomic E-state index is 11.0. The first-order valence-corrected chi connectivity index (χ1v) is 8.10. The Kier molecular flexibility index (Phi) is 3.88. The Hall–Kier alpha value is -0.510. The van der Waals surface area contributed by atoms with Crippen molar-refractivity contribution in [3.8, 4) is 0 Å². The minimum absolute atomic E-state index is 0.605. The lowest BCUT2D eigenvalue weighted by molar-refractivity contribution is 0.00809. The van der Waals surface area contributed by atoms with Crippen LogP contribution in [0, 0.1) is 0 Å². The Bertz CT molecular complexity index is 417. The van der Waals surface area contributed by atoms with Crippen LogP contribution in [-0.2, 0) is 16.9 Å². The summed E-state index contributed by atoms with van der Waals surface area (Å²) in [4.78, 5) is 0. The van der Waals surface area contributed by atoms with Crippen LogP contribution in [0.2, 0.25) is 0 Å². The van der Waals surface area contributed by atoms with E-state index in [4.69, 9.17) is 4.74 Å². The van der Waals surface area contributed by atoms with E-state index >= 15 is 0 Å². The lowest BCUT2D eigenvalue weighted by Crippen LogP contribution is -2.40. The van der Waals surface area contributed by atoms with Gasteiger partial charge in [0.25, 0.3) is 0 Å². The van der Waals surface area contributed by atoms with Crippen molar-refractivity contribution in [3.05, 3.63) is 35.4 Å². The first-order valence-electron chi connectivity index (χ1n) is 7.16. The first kappa shape index (κ1) is 13.5. The maximum absolute atomic E-state index is 11.0. The SMILES string of the molecule is COCc1ccc(C2(O)CC3CCCC(C2)S3)cc1. The second-order valence-electron chi connectivity index (χ2n) is 5.88. The van der Waals surface area contributed by atoms with Gasteiger partial charge in [-0.15, -0.1) is 0 Å². The number of hydrogen-bond donors (Lipinski definition) is 1. The van der Waals surface area contributed by atoms with Gasteiger partial charge in [-0.05, 0) is 36.8 Å². The highest BCUT2D eigenvalue weighted by atomic mass is 32.2. The predicted octanol–water partition coefficient (Wildman–Crippen LogP) is 3.47. The van der Waals surface area contributed by atoms with Gasteiger partial charge in [0.1, 0.15) is 0 Å². The zero-order valence-electron chi connectivity index (χ0n) is 11.5. The molecule has 0 aromatic heterocycles. The van der Waals surface area contributed by atoms with Crippen LogP contribution < -0.4 is 0 Å². The highest BCUT2D eigenvalue weighted by molar-refractivity contribution is 8.00. The van der Waals surface area contributed by atoms with Crippen molar-refractivity contribution in [2.24, 2.45) is 0 Å². The number of thioether (sulfide) groups is 1. The summed E-state index contributed by atoms with van der Waals surface area (Å²) in [6, 6.07) is 8.32. The molecule has 2 aliphatic rings. The predicted molar refractivity (Wildman–Crippen MR) is 79.3 cm³/mol. The van der Waals surface area contributed by atoms with E-state index in [0.717, 1.165) is 18.4 Å². The summed E-state index contributed by atoms with van der Waals surface area (Å²) in [5.74, 6) is 0. The fraction of sp³-hybridized carbons (Fsp3) is 0.625. The molecule has 2 aliphatic heterocycles. The fourth-order valence-electron chi connectivity index (χ4n) is 3.43. The smallest absolute Gasteiger partial charge is 0.0917 e. The monoisotopic (exact) mass is 278 g/mol. The molecule has 2 unspecified atom stereocenters. The zero-order valence-corrected chi connectivity index (χ0v) is 12.3. The van der Waals surface area contributed by atoms with Crippen LogP contribution in [0.4, 0.5) is 0 Å². The zero-order chi connectivity index (χ0) is 13.3. The fourth-order valence-corrected chi connectivity index (χ4v) is 5.33. The number of aliphatic hydroxyl groups is 1. The second-order valence-corrected chi connectivity index (χ2v) is 7.49. The number of benzene rings is 1. The molecule has 2 fully saturated rings. The molecule has 0 spiro atoms. The Balaban J connectivity index is 1.79. The van der Waals surface area contributed by atoms with Gasteiger partial charge in [0.2, 0.25) is 0 Å². The summed E-state index contributed by atoms with van der Waals surface area (Å²) >= 11 is 2.10. The molecule has 3 heteroatoms. The van der Waals surface area contributed by atoms with Gasteiger partial charge in [-0.2, -0.15) is 11.8 Å². The van der Waals surface area contributed by atoms with E-state index in [0.29, 0.717) is 17.1 Å². The molecule has 19 heavy (non-hydrogen) atoms. The Morgan fingerprint density at radius 1 is 1.21 bits per heavy atom. The minimum Gasteiger partial charge on any atom is -0.385 e. The molecule has 1 N–H and O–H groups in total. The van der Waals surface area contributed by atoms with Crippen LogP contribution >= 0.6 is 11.8 Å². The van der Waals surface area contributed by atoms with E-state index in [2.05, 4.69) is 36.0 Å². The quantitative estimate of drug-likeness (QED) is 0.918. The molecule has 2 saturated heterocycles. The Morgan fingerprint density at radius 2 is 1.84 bits per heavy atom. The molecule has 0 saturated carbocycles. The summed E-state index contributed by atoms with van der Waals surface area (Å²) in [6.45, 7) is 0.639. The van der Waals surface area contributed by atoms with Gasteiger partial charge in [0.05, 0.1) is 12.2 Å². The van der Waals surface area contributed by atoms with Crippen LogP contribution in [0.1, 0.15) is 43.2 Å². The van der Waals surface area contributed by atoms with Crippen molar-refractivity contribution >= 4 is 11.8 Å². The van der Waals surface area contributed by atoms with Crippen molar-refractivity contribution < 1.29 is 9.84 Å². The molecular formula is C16H22O2S. The van der Waals surface area contributed by atoms with Crippen LogP contribution in [0.25, 0.3) is 0 Å². The van der Waals surface area contributed by atoms with Crippen molar-refractivity contribution in [1.82, 2.24) is 0 Å². The van der Waals surface area contributed by atoms with Crippen LogP contribution in [0.5, 0.6) is 0 Å². The molecule has 0 radical (unpaired) electrons. The summed E-state index contributed by atoms with van der Waals surface area (Å²) in [5, 5.41) is 12.3. The lowest BCUT2D eigenvalue weighted by Gasteiger charge is -2.44. The van der Waals surface area contributed by atoms with Crippen molar-refractivity contribution in [2.75, 3.05) is 7.11 Å². The summed E-state index contributed by atoms with van der Waals surface area (Å²) < 4.78 is 5.13. The summed E-state index contributed by atoms with van der Waals surface area (Å²) in [6.07, 6.45) is 5.71. The molecule has 3 rings (SSSR count). The number of hydrogen-bond acceptors (Lipinski definition) is 3. The van der Waals surface area contributed by atoms with Crippen molar-refractivity contribution in [3.63, 3.8) is 0 Å². The standard InChI is InChI=1S/C16H22O2S/c1-18-11-12-5-7-13(8-6-12)16(17)9-14-3-2-4-15(10-16)19-14/h5-8,14-15,17H,2-4,9-11H2,1H3. The number of methoxy groups -OCH3 is 1. The molecule has 0 amide bonds. The van der Waals surface area contributed by atoms with Gasteiger partial charge >= 0.3 is 0 Å². The largest absolute Gasteiger partial charge is 0.385 e. The Labute approximate surface area is 119 Å². The van der Waals surface area contributed by atoms with Gasteiger partial charge in [-0.1, -0.05) is 30.7 Å². The number of fused-ring (bicyclic) bond motifs is 2. The van der Waals surface area contributed by atoms with Gasteiger partial charge in [-0.3, -0.25) is 0 Å². The van der Waals surface area contributed by atoms with E-state index in [1.54, 1.807) is 7.11 Å². The van der Waals surface area contributed by atoms with Gasteiger partial charge in [-0.25, -0.2) is 0 Å². The van der Waals surface area contributed by atoms with Gasteiger partial charge < -0.3 is 9.84 Å². The number of ether oxygens (including phenoxy) is 1. The van der Waals surface area contributed by atoms with E-state index in [9.17, 15) is 5.11 Å².